The fraction of sp³-hybridized carbons (Fsp3) is 0.250. The summed E-state index contributed by atoms with van der Waals surface area (Å²) in [4.78, 5) is 12.3. The van der Waals surface area contributed by atoms with Crippen molar-refractivity contribution < 1.29 is 4.79 Å². The van der Waals surface area contributed by atoms with Crippen LogP contribution in [0.1, 0.15) is 24.8 Å². The molecule has 29 heavy (non-hydrogen) atoms. The van der Waals surface area contributed by atoms with E-state index in [4.69, 9.17) is 29.0 Å². The molecule has 9 heteroatoms. The number of rotatable bonds is 8. The molecular weight excluding hydrogens is 429 g/mol. The SMILES string of the molecule is CCC(CNC(=O)CSc1nnc(-c2ccc(Cl)cc2Cl)n1N)c1ccccc1. The number of amides is 1. The minimum absolute atomic E-state index is 0.0848. The van der Waals surface area contributed by atoms with E-state index in [1.807, 2.05) is 18.2 Å². The standard InChI is InChI=1S/C20H21Cl2N5OS/c1-2-13(14-6-4-3-5-7-14)11-24-18(28)12-29-20-26-25-19(27(20)23)16-9-8-15(21)10-17(16)22/h3-10,13H,2,11-12,23H2,1H3,(H,24,28). The summed E-state index contributed by atoms with van der Waals surface area (Å²) in [7, 11) is 0. The molecule has 0 spiro atoms. The lowest BCUT2D eigenvalue weighted by molar-refractivity contribution is -0.118. The second-order valence-corrected chi connectivity index (χ2v) is 8.20. The maximum atomic E-state index is 12.3. The summed E-state index contributed by atoms with van der Waals surface area (Å²) in [6, 6.07) is 15.2. The second-order valence-electron chi connectivity index (χ2n) is 6.41. The van der Waals surface area contributed by atoms with Crippen LogP contribution in [0.15, 0.2) is 53.7 Å². The molecule has 0 aliphatic carbocycles. The first-order valence-corrected chi connectivity index (χ1v) is 10.8. The number of hydrogen-bond donors (Lipinski definition) is 2. The van der Waals surface area contributed by atoms with E-state index in [0.29, 0.717) is 33.1 Å². The van der Waals surface area contributed by atoms with E-state index in [2.05, 4.69) is 34.6 Å². The van der Waals surface area contributed by atoms with Gasteiger partial charge < -0.3 is 11.2 Å². The molecule has 1 unspecified atom stereocenters. The molecule has 3 N–H and O–H groups in total. The van der Waals surface area contributed by atoms with Gasteiger partial charge in [-0.2, -0.15) is 0 Å². The molecule has 1 atom stereocenters. The van der Waals surface area contributed by atoms with Crippen molar-refractivity contribution in [3.8, 4) is 11.4 Å². The Kier molecular flexibility index (Phi) is 7.41. The lowest BCUT2D eigenvalue weighted by Crippen LogP contribution is -2.29. The Morgan fingerprint density at radius 1 is 1.21 bits per heavy atom. The highest BCUT2D eigenvalue weighted by atomic mass is 35.5. The van der Waals surface area contributed by atoms with Gasteiger partial charge in [0.1, 0.15) is 0 Å². The average Bonchev–Trinajstić information content (AvgIpc) is 3.08. The van der Waals surface area contributed by atoms with E-state index in [1.54, 1.807) is 18.2 Å². The molecular formula is C20H21Cl2N5OS. The highest BCUT2D eigenvalue weighted by Crippen LogP contribution is 2.30. The van der Waals surface area contributed by atoms with Gasteiger partial charge in [-0.15, -0.1) is 10.2 Å². The summed E-state index contributed by atoms with van der Waals surface area (Å²) < 4.78 is 1.33. The van der Waals surface area contributed by atoms with Crippen molar-refractivity contribution in [2.45, 2.75) is 24.4 Å². The highest BCUT2D eigenvalue weighted by Gasteiger charge is 2.17. The number of nitrogens with zero attached hydrogens (tertiary/aromatic N) is 3. The number of carbonyl (C=O) groups is 1. The Labute approximate surface area is 183 Å². The van der Waals surface area contributed by atoms with E-state index in [0.717, 1.165) is 6.42 Å². The number of aromatic nitrogens is 3. The van der Waals surface area contributed by atoms with Crippen molar-refractivity contribution in [2.75, 3.05) is 18.1 Å². The summed E-state index contributed by atoms with van der Waals surface area (Å²) in [6.45, 7) is 2.69. The minimum Gasteiger partial charge on any atom is -0.355 e. The zero-order chi connectivity index (χ0) is 20.8. The van der Waals surface area contributed by atoms with Crippen LogP contribution >= 0.6 is 35.0 Å². The summed E-state index contributed by atoms with van der Waals surface area (Å²) >= 11 is 13.4. The number of hydrogen-bond acceptors (Lipinski definition) is 5. The summed E-state index contributed by atoms with van der Waals surface area (Å²) in [5.41, 5.74) is 1.84. The first-order valence-electron chi connectivity index (χ1n) is 9.10. The van der Waals surface area contributed by atoms with Crippen LogP contribution in [0.4, 0.5) is 0 Å². The van der Waals surface area contributed by atoms with Crippen molar-refractivity contribution in [3.05, 3.63) is 64.1 Å². The Bertz CT molecular complexity index is 980. The van der Waals surface area contributed by atoms with Crippen molar-refractivity contribution in [3.63, 3.8) is 0 Å². The third kappa shape index (κ3) is 5.44. The van der Waals surface area contributed by atoms with Gasteiger partial charge in [0.05, 0.1) is 10.8 Å². The lowest BCUT2D eigenvalue weighted by Gasteiger charge is -2.16. The summed E-state index contributed by atoms with van der Waals surface area (Å²) in [5, 5.41) is 12.5. The Morgan fingerprint density at radius 2 is 1.97 bits per heavy atom. The van der Waals surface area contributed by atoms with Crippen LogP contribution in [0.5, 0.6) is 0 Å². The van der Waals surface area contributed by atoms with Crippen LogP contribution in [0.25, 0.3) is 11.4 Å². The Hall–Kier alpha value is -2.22. The Balaban J connectivity index is 1.57. The highest BCUT2D eigenvalue weighted by molar-refractivity contribution is 7.99. The molecule has 3 aromatic rings. The molecule has 0 fully saturated rings. The van der Waals surface area contributed by atoms with E-state index >= 15 is 0 Å². The number of thioether (sulfide) groups is 1. The van der Waals surface area contributed by atoms with E-state index in [1.165, 1.54) is 22.0 Å². The van der Waals surface area contributed by atoms with Crippen LogP contribution in [-0.4, -0.2) is 33.1 Å². The van der Waals surface area contributed by atoms with Crippen molar-refractivity contribution in [1.82, 2.24) is 20.2 Å². The molecule has 0 radical (unpaired) electrons. The summed E-state index contributed by atoms with van der Waals surface area (Å²) in [5.74, 6) is 6.89. The van der Waals surface area contributed by atoms with Crippen LogP contribution < -0.4 is 11.2 Å². The van der Waals surface area contributed by atoms with Crippen LogP contribution in [0, 0.1) is 0 Å². The number of nitrogen functional groups attached to an aromatic ring is 1. The molecule has 0 bridgehead atoms. The quantitative estimate of drug-likeness (QED) is 0.393. The van der Waals surface area contributed by atoms with E-state index in [-0.39, 0.29) is 17.6 Å². The van der Waals surface area contributed by atoms with Gasteiger partial charge in [-0.25, -0.2) is 4.68 Å². The fourth-order valence-electron chi connectivity index (χ4n) is 2.87. The molecule has 0 saturated heterocycles. The molecule has 1 amide bonds. The predicted octanol–water partition coefficient (Wildman–Crippen LogP) is 4.37. The molecule has 1 heterocycles. The zero-order valence-corrected chi connectivity index (χ0v) is 18.1. The third-order valence-electron chi connectivity index (χ3n) is 4.48. The van der Waals surface area contributed by atoms with Gasteiger partial charge in [-0.1, -0.05) is 72.2 Å². The maximum Gasteiger partial charge on any atom is 0.230 e. The van der Waals surface area contributed by atoms with Crippen molar-refractivity contribution in [1.29, 1.82) is 0 Å². The number of benzene rings is 2. The summed E-state index contributed by atoms with van der Waals surface area (Å²) in [6.07, 6.45) is 0.944. The molecule has 152 valence electrons. The molecule has 3 rings (SSSR count). The van der Waals surface area contributed by atoms with Gasteiger partial charge in [0, 0.05) is 23.0 Å². The van der Waals surface area contributed by atoms with Crippen molar-refractivity contribution in [2.24, 2.45) is 0 Å². The van der Waals surface area contributed by atoms with Gasteiger partial charge in [0.2, 0.25) is 11.1 Å². The molecule has 1 aromatic heterocycles. The Morgan fingerprint density at radius 3 is 2.66 bits per heavy atom. The number of carbonyl (C=O) groups excluding carboxylic acids is 1. The van der Waals surface area contributed by atoms with Gasteiger partial charge in [0.25, 0.3) is 0 Å². The monoisotopic (exact) mass is 449 g/mol. The average molecular weight is 450 g/mol. The molecule has 6 nitrogen and oxygen atoms in total. The van der Waals surface area contributed by atoms with E-state index < -0.39 is 0 Å². The third-order valence-corrected chi connectivity index (χ3v) is 5.97. The smallest absolute Gasteiger partial charge is 0.230 e. The van der Waals surface area contributed by atoms with Gasteiger partial charge in [-0.3, -0.25) is 4.79 Å². The molecule has 2 aromatic carbocycles. The normalized spacial score (nSPS) is 12.0. The first-order chi connectivity index (χ1) is 14.0. The van der Waals surface area contributed by atoms with E-state index in [9.17, 15) is 4.79 Å². The van der Waals surface area contributed by atoms with Gasteiger partial charge in [0.15, 0.2) is 5.82 Å². The predicted molar refractivity (Wildman–Crippen MR) is 119 cm³/mol. The van der Waals surface area contributed by atoms with Gasteiger partial charge >= 0.3 is 0 Å². The van der Waals surface area contributed by atoms with Gasteiger partial charge in [-0.05, 0) is 30.2 Å². The van der Waals surface area contributed by atoms with Crippen molar-refractivity contribution >= 4 is 40.9 Å². The second kappa shape index (κ2) is 10.0. The molecule has 0 aliphatic heterocycles. The molecule has 0 aliphatic rings. The lowest BCUT2D eigenvalue weighted by atomic mass is 9.96. The number of nitrogens with one attached hydrogen (secondary N) is 1. The van der Waals surface area contributed by atoms with Crippen LogP contribution in [0.3, 0.4) is 0 Å². The minimum atomic E-state index is -0.0848. The zero-order valence-electron chi connectivity index (χ0n) is 15.8. The maximum absolute atomic E-state index is 12.3. The molecule has 0 saturated carbocycles. The topological polar surface area (TPSA) is 85.8 Å². The van der Waals surface area contributed by atoms with Crippen LogP contribution in [0.2, 0.25) is 10.0 Å². The number of nitrogens with two attached hydrogens (primary N) is 1. The van der Waals surface area contributed by atoms with Crippen LogP contribution in [-0.2, 0) is 4.79 Å². The first kappa shape index (κ1) is 21.5. The largest absolute Gasteiger partial charge is 0.355 e. The number of halogens is 2. The fourth-order valence-corrected chi connectivity index (χ4v) is 4.05.